The third kappa shape index (κ3) is 6.22. The number of benzene rings is 4. The molecule has 0 bridgehead atoms. The quantitative estimate of drug-likeness (QED) is 0.213. The highest BCUT2D eigenvalue weighted by atomic mass is 35.5. The minimum atomic E-state index is -5.70. The van der Waals surface area contributed by atoms with Crippen LogP contribution < -0.4 is 4.18 Å². The van der Waals surface area contributed by atoms with Crippen LogP contribution in [0.3, 0.4) is 0 Å². The first-order valence-corrected chi connectivity index (χ1v) is 10.7. The fourth-order valence-electron chi connectivity index (χ4n) is 2.72. The van der Waals surface area contributed by atoms with Crippen molar-refractivity contribution in [2.75, 3.05) is 0 Å². The van der Waals surface area contributed by atoms with E-state index >= 15 is 0 Å². The second-order valence-corrected chi connectivity index (χ2v) is 8.54. The molecule has 0 atom stereocenters. The summed E-state index contributed by atoms with van der Waals surface area (Å²) in [6.45, 7) is 0. The predicted octanol–water partition coefficient (Wildman–Crippen LogP) is 8.19. The maximum absolute atomic E-state index is 12.3. The van der Waals surface area contributed by atoms with Gasteiger partial charge in [0.1, 0.15) is 5.75 Å². The van der Waals surface area contributed by atoms with Gasteiger partial charge in [-0.05, 0) is 24.3 Å². The molecule has 0 amide bonds. The highest BCUT2D eigenvalue weighted by Gasteiger charge is 2.48. The number of phenolic OH excluding ortho intramolecular Hbond substituents is 1. The summed E-state index contributed by atoms with van der Waals surface area (Å²) >= 11 is 11.8. The second kappa shape index (κ2) is 11.0. The molecule has 4 aromatic rings. The van der Waals surface area contributed by atoms with E-state index in [2.05, 4.69) is 4.18 Å². The smallest absolute Gasteiger partial charge is 0.507 e. The van der Waals surface area contributed by atoms with Crippen molar-refractivity contribution < 1.29 is 30.9 Å². The van der Waals surface area contributed by atoms with E-state index in [1.807, 2.05) is 24.3 Å². The molecule has 0 aliphatic heterocycles. The number of hydrogen-bond donors (Lipinski definition) is 1. The monoisotopic (exact) mass is 520 g/mol. The lowest BCUT2D eigenvalue weighted by Gasteiger charge is -2.11. The summed E-state index contributed by atoms with van der Waals surface area (Å²) in [6.07, 6.45) is 0. The van der Waals surface area contributed by atoms with Crippen LogP contribution in [0.1, 0.15) is 14.9 Å². The van der Waals surface area contributed by atoms with Gasteiger partial charge in [-0.2, -0.15) is 21.6 Å². The van der Waals surface area contributed by atoms with Crippen LogP contribution in [0, 0.1) is 0 Å². The summed E-state index contributed by atoms with van der Waals surface area (Å²) < 4.78 is 62.8. The Kier molecular flexibility index (Phi) is 9.42. The molecule has 0 unspecified atom stereocenters. The van der Waals surface area contributed by atoms with Crippen molar-refractivity contribution in [3.05, 3.63) is 82.8 Å². The van der Waals surface area contributed by atoms with Gasteiger partial charge in [-0.3, -0.25) is 0 Å². The summed E-state index contributed by atoms with van der Waals surface area (Å²) in [6, 6.07) is 19.3. The maximum Gasteiger partial charge on any atom is 0.534 e. The van der Waals surface area contributed by atoms with Crippen molar-refractivity contribution in [3.63, 3.8) is 0 Å². The summed E-state index contributed by atoms with van der Waals surface area (Å²) in [5.41, 5.74) is -5.48. The maximum atomic E-state index is 12.3. The van der Waals surface area contributed by atoms with E-state index in [9.17, 15) is 26.7 Å². The normalized spacial score (nSPS) is 11.1. The molecule has 10 heteroatoms. The highest BCUT2D eigenvalue weighted by molar-refractivity contribution is 7.88. The van der Waals surface area contributed by atoms with E-state index in [1.54, 1.807) is 24.3 Å². The minimum absolute atomic E-state index is 0. The number of rotatable bonds is 2. The largest absolute Gasteiger partial charge is 0.534 e. The fourth-order valence-corrected chi connectivity index (χ4v) is 3.65. The fraction of sp³-hybridized carbons (Fsp3) is 0.130. The molecular weight excluding hydrogens is 500 g/mol. The van der Waals surface area contributed by atoms with Crippen LogP contribution in [0.15, 0.2) is 72.8 Å². The molecular formula is C23H21Cl2F3O4S. The summed E-state index contributed by atoms with van der Waals surface area (Å²) in [7, 11) is -5.70. The van der Waals surface area contributed by atoms with Gasteiger partial charge in [0.05, 0.1) is 0 Å². The van der Waals surface area contributed by atoms with Crippen molar-refractivity contribution in [1.29, 1.82) is 0 Å². The van der Waals surface area contributed by atoms with Gasteiger partial charge >= 0.3 is 15.6 Å². The SMILES string of the molecule is C.C.O=S(=O)(Oc1ccc(Cl)c2ccccc12)C(F)(F)F.Oc1ccc(Cl)c2ccccc12. The Bertz CT molecular complexity index is 1320. The van der Waals surface area contributed by atoms with Crippen molar-refractivity contribution in [1.82, 2.24) is 0 Å². The van der Waals surface area contributed by atoms with E-state index in [0.29, 0.717) is 10.4 Å². The molecule has 0 aliphatic rings. The van der Waals surface area contributed by atoms with Gasteiger partial charge in [0.2, 0.25) is 0 Å². The Morgan fingerprint density at radius 1 is 0.697 bits per heavy atom. The van der Waals surface area contributed by atoms with Crippen molar-refractivity contribution in [3.8, 4) is 11.5 Å². The van der Waals surface area contributed by atoms with Gasteiger partial charge < -0.3 is 9.29 Å². The lowest BCUT2D eigenvalue weighted by molar-refractivity contribution is -0.0499. The van der Waals surface area contributed by atoms with Crippen LogP contribution in [0.2, 0.25) is 10.0 Å². The first-order chi connectivity index (χ1) is 14.5. The number of aromatic hydroxyl groups is 1. The van der Waals surface area contributed by atoms with Gasteiger partial charge in [0.15, 0.2) is 5.75 Å². The Balaban J connectivity index is 0.000000338. The van der Waals surface area contributed by atoms with Gasteiger partial charge in [0, 0.05) is 31.6 Å². The Morgan fingerprint density at radius 3 is 1.61 bits per heavy atom. The number of halogens is 5. The zero-order valence-electron chi connectivity index (χ0n) is 15.4. The minimum Gasteiger partial charge on any atom is -0.507 e. The van der Waals surface area contributed by atoms with Crippen LogP contribution in [0.5, 0.6) is 11.5 Å². The topological polar surface area (TPSA) is 63.6 Å². The Morgan fingerprint density at radius 2 is 1.12 bits per heavy atom. The van der Waals surface area contributed by atoms with Crippen LogP contribution in [-0.2, 0) is 10.1 Å². The lowest BCUT2D eigenvalue weighted by Crippen LogP contribution is -2.28. The summed E-state index contributed by atoms with van der Waals surface area (Å²) in [5, 5.41) is 12.7. The zero-order chi connectivity index (χ0) is 22.8. The molecule has 4 nitrogen and oxygen atoms in total. The molecule has 0 fully saturated rings. The van der Waals surface area contributed by atoms with Gasteiger partial charge in [0.25, 0.3) is 0 Å². The van der Waals surface area contributed by atoms with E-state index in [-0.39, 0.29) is 31.0 Å². The molecule has 0 radical (unpaired) electrons. The molecule has 178 valence electrons. The molecule has 0 aromatic heterocycles. The Hall–Kier alpha value is -2.68. The standard InChI is InChI=1S/C11H6ClF3O3S.C10H7ClO.2CH4/c12-9-5-6-10(8-4-2-1-3-7(8)9)18-19(16,17)11(13,14)15;11-9-5-6-10(12)8-4-2-1-3-7(8)9;;/h1-6H;1-6,12H;2*1H4. The zero-order valence-corrected chi connectivity index (χ0v) is 17.7. The molecule has 0 spiro atoms. The number of hydrogen-bond acceptors (Lipinski definition) is 4. The van der Waals surface area contributed by atoms with Gasteiger partial charge in [-0.1, -0.05) is 86.6 Å². The molecule has 1 N–H and O–H groups in total. The second-order valence-electron chi connectivity index (χ2n) is 6.19. The average molecular weight is 521 g/mol. The number of fused-ring (bicyclic) bond motifs is 2. The molecule has 0 heterocycles. The first-order valence-electron chi connectivity index (χ1n) is 8.55. The lowest BCUT2D eigenvalue weighted by atomic mass is 10.1. The highest BCUT2D eigenvalue weighted by Crippen LogP contribution is 2.35. The van der Waals surface area contributed by atoms with Crippen LogP contribution in [0.4, 0.5) is 13.2 Å². The van der Waals surface area contributed by atoms with Gasteiger partial charge in [-0.25, -0.2) is 0 Å². The van der Waals surface area contributed by atoms with Gasteiger partial charge in [-0.15, -0.1) is 0 Å². The van der Waals surface area contributed by atoms with E-state index in [0.717, 1.165) is 16.8 Å². The first kappa shape index (κ1) is 28.4. The van der Waals surface area contributed by atoms with Crippen molar-refractivity contribution in [2.24, 2.45) is 0 Å². The molecule has 0 saturated carbocycles. The predicted molar refractivity (Wildman–Crippen MR) is 129 cm³/mol. The summed E-state index contributed by atoms with van der Waals surface area (Å²) in [4.78, 5) is 0. The molecule has 33 heavy (non-hydrogen) atoms. The Labute approximate surface area is 200 Å². The van der Waals surface area contributed by atoms with Crippen LogP contribution in [0.25, 0.3) is 21.5 Å². The molecule has 4 aromatic carbocycles. The summed E-state index contributed by atoms with van der Waals surface area (Å²) in [5.74, 6) is -0.146. The molecule has 4 rings (SSSR count). The molecule has 0 aliphatic carbocycles. The van der Waals surface area contributed by atoms with E-state index in [1.165, 1.54) is 18.2 Å². The molecule has 0 saturated heterocycles. The average Bonchev–Trinajstić information content (AvgIpc) is 2.73. The van der Waals surface area contributed by atoms with Crippen molar-refractivity contribution >= 4 is 54.9 Å². The van der Waals surface area contributed by atoms with Crippen LogP contribution >= 0.6 is 23.2 Å². The number of alkyl halides is 3. The van der Waals surface area contributed by atoms with Crippen molar-refractivity contribution in [2.45, 2.75) is 20.4 Å². The van der Waals surface area contributed by atoms with E-state index < -0.39 is 21.4 Å². The third-order valence-corrected chi connectivity index (χ3v) is 5.79. The third-order valence-electron chi connectivity index (χ3n) is 4.16. The van der Waals surface area contributed by atoms with E-state index in [4.69, 9.17) is 23.2 Å². The van der Waals surface area contributed by atoms with Crippen LogP contribution in [-0.4, -0.2) is 19.0 Å². The number of phenols is 1.